The Hall–Kier alpha value is -3.42. The highest BCUT2D eigenvalue weighted by Crippen LogP contribution is 2.12. The van der Waals surface area contributed by atoms with Gasteiger partial charge in [0.25, 0.3) is 5.91 Å². The fourth-order valence-electron chi connectivity index (χ4n) is 2.79. The van der Waals surface area contributed by atoms with Crippen molar-refractivity contribution in [3.05, 3.63) is 66.4 Å². The highest BCUT2D eigenvalue weighted by atomic mass is 16.4. The average Bonchev–Trinajstić information content (AvgIpc) is 3.37. The molecule has 0 saturated heterocycles. The van der Waals surface area contributed by atoms with Crippen LogP contribution in [0.5, 0.6) is 0 Å². The Morgan fingerprint density at radius 1 is 1.23 bits per heavy atom. The summed E-state index contributed by atoms with van der Waals surface area (Å²) in [6.45, 7) is 2.93. The first kappa shape index (κ1) is 16.1. The summed E-state index contributed by atoms with van der Waals surface area (Å²) < 4.78 is 9.14. The third-order valence-electron chi connectivity index (χ3n) is 4.01. The second-order valence-electron chi connectivity index (χ2n) is 6.10. The summed E-state index contributed by atoms with van der Waals surface area (Å²) in [6.07, 6.45) is 3.54. The maximum Gasteiger partial charge on any atom is 0.287 e. The Balaban J connectivity index is 1.39. The number of furan rings is 1. The van der Waals surface area contributed by atoms with Crippen molar-refractivity contribution < 1.29 is 9.21 Å². The van der Waals surface area contributed by atoms with Crippen molar-refractivity contribution >= 4 is 16.9 Å². The molecule has 0 spiro atoms. The van der Waals surface area contributed by atoms with Gasteiger partial charge < -0.3 is 9.73 Å². The lowest BCUT2D eigenvalue weighted by Crippen LogP contribution is -2.35. The molecule has 0 aliphatic rings. The number of carbonyl (C=O) groups excluding carboxylic acids is 1. The number of hydrogen-bond acceptors (Lipinski definition) is 5. The Labute approximate surface area is 149 Å². The molecule has 8 heteroatoms. The van der Waals surface area contributed by atoms with Crippen LogP contribution in [0.3, 0.4) is 0 Å². The van der Waals surface area contributed by atoms with Crippen molar-refractivity contribution in [2.75, 3.05) is 0 Å². The van der Waals surface area contributed by atoms with Crippen LogP contribution >= 0.6 is 0 Å². The first-order valence-electron chi connectivity index (χ1n) is 8.34. The van der Waals surface area contributed by atoms with Gasteiger partial charge in [0.05, 0.1) is 18.6 Å². The maximum atomic E-state index is 12.4. The molecular weight excluding hydrogens is 332 g/mol. The van der Waals surface area contributed by atoms with Gasteiger partial charge in [0.2, 0.25) is 0 Å². The number of hydrogen-bond donors (Lipinski definition) is 1. The molecule has 0 saturated carbocycles. The van der Waals surface area contributed by atoms with Gasteiger partial charge in [-0.05, 0) is 37.3 Å². The van der Waals surface area contributed by atoms with E-state index in [0.29, 0.717) is 18.8 Å². The molecule has 132 valence electrons. The van der Waals surface area contributed by atoms with E-state index in [1.807, 2.05) is 43.5 Å². The van der Waals surface area contributed by atoms with Gasteiger partial charge in [-0.25, -0.2) is 4.68 Å². The summed E-state index contributed by atoms with van der Waals surface area (Å²) in [6, 6.07) is 12.9. The van der Waals surface area contributed by atoms with E-state index in [1.54, 1.807) is 27.7 Å². The van der Waals surface area contributed by atoms with E-state index >= 15 is 0 Å². The molecule has 0 aliphatic carbocycles. The molecule has 1 atom stereocenters. The lowest BCUT2D eigenvalue weighted by atomic mass is 10.3. The van der Waals surface area contributed by atoms with Gasteiger partial charge in [-0.3, -0.25) is 9.48 Å². The molecule has 4 rings (SSSR count). The standard InChI is InChI=1S/C18H18N6O2/c1-13(11-24-16-6-3-2-5-15(16)21-22-24)20-18(25)17-8-7-14(26-17)12-23-10-4-9-19-23/h2-10,13H,11-12H2,1H3,(H,20,25)/t13-/m1/s1. The second kappa shape index (κ2) is 6.83. The van der Waals surface area contributed by atoms with Gasteiger partial charge in [0, 0.05) is 18.4 Å². The lowest BCUT2D eigenvalue weighted by Gasteiger charge is -2.13. The summed E-state index contributed by atoms with van der Waals surface area (Å²) in [5.41, 5.74) is 1.77. The van der Waals surface area contributed by atoms with Crippen molar-refractivity contribution in [3.63, 3.8) is 0 Å². The third kappa shape index (κ3) is 3.34. The van der Waals surface area contributed by atoms with Crippen LogP contribution in [0.15, 0.2) is 59.3 Å². The predicted octanol–water partition coefficient (Wildman–Crippen LogP) is 2.09. The SMILES string of the molecule is C[C@H](Cn1nnc2ccccc21)NC(=O)c1ccc(Cn2cccn2)o1. The smallest absolute Gasteiger partial charge is 0.287 e. The van der Waals surface area contributed by atoms with Crippen molar-refractivity contribution in [2.45, 2.75) is 26.1 Å². The quantitative estimate of drug-likeness (QED) is 0.575. The number of para-hydroxylation sites is 1. The van der Waals surface area contributed by atoms with Crippen molar-refractivity contribution in [1.29, 1.82) is 0 Å². The third-order valence-corrected chi connectivity index (χ3v) is 4.01. The lowest BCUT2D eigenvalue weighted by molar-refractivity contribution is 0.0906. The summed E-state index contributed by atoms with van der Waals surface area (Å²) in [7, 11) is 0. The van der Waals surface area contributed by atoms with E-state index in [0.717, 1.165) is 11.0 Å². The van der Waals surface area contributed by atoms with Crippen LogP contribution in [0.1, 0.15) is 23.2 Å². The summed E-state index contributed by atoms with van der Waals surface area (Å²) >= 11 is 0. The number of carbonyl (C=O) groups is 1. The van der Waals surface area contributed by atoms with Crippen LogP contribution in [-0.2, 0) is 13.1 Å². The van der Waals surface area contributed by atoms with Crippen LogP contribution in [0.2, 0.25) is 0 Å². The first-order valence-corrected chi connectivity index (χ1v) is 8.34. The summed E-state index contributed by atoms with van der Waals surface area (Å²) in [4.78, 5) is 12.4. The normalized spacial score (nSPS) is 12.3. The van der Waals surface area contributed by atoms with E-state index in [-0.39, 0.29) is 17.7 Å². The summed E-state index contributed by atoms with van der Waals surface area (Å²) in [5, 5.41) is 15.3. The van der Waals surface area contributed by atoms with E-state index in [2.05, 4.69) is 20.7 Å². The molecule has 1 amide bonds. The Bertz CT molecular complexity index is 1020. The number of aromatic nitrogens is 5. The van der Waals surface area contributed by atoms with E-state index < -0.39 is 0 Å². The van der Waals surface area contributed by atoms with Crippen LogP contribution in [0, 0.1) is 0 Å². The van der Waals surface area contributed by atoms with Crippen LogP contribution in [0.4, 0.5) is 0 Å². The van der Waals surface area contributed by atoms with E-state index in [1.165, 1.54) is 0 Å². The Kier molecular flexibility index (Phi) is 4.22. The zero-order valence-electron chi connectivity index (χ0n) is 14.2. The van der Waals surface area contributed by atoms with Gasteiger partial charge in [-0.1, -0.05) is 17.3 Å². The van der Waals surface area contributed by atoms with Crippen molar-refractivity contribution in [3.8, 4) is 0 Å². The van der Waals surface area contributed by atoms with Crippen molar-refractivity contribution in [1.82, 2.24) is 30.1 Å². The molecule has 4 aromatic rings. The number of amides is 1. The molecule has 0 radical (unpaired) electrons. The number of fused-ring (bicyclic) bond motifs is 1. The highest BCUT2D eigenvalue weighted by Gasteiger charge is 2.15. The second-order valence-corrected chi connectivity index (χ2v) is 6.10. The molecule has 26 heavy (non-hydrogen) atoms. The molecule has 1 aromatic carbocycles. The molecule has 0 aliphatic heterocycles. The van der Waals surface area contributed by atoms with Crippen LogP contribution in [0.25, 0.3) is 11.0 Å². The minimum absolute atomic E-state index is 0.132. The number of nitrogens with one attached hydrogen (secondary N) is 1. The largest absolute Gasteiger partial charge is 0.454 e. The van der Waals surface area contributed by atoms with Crippen LogP contribution in [-0.4, -0.2) is 36.7 Å². The van der Waals surface area contributed by atoms with Gasteiger partial charge in [0.15, 0.2) is 5.76 Å². The van der Waals surface area contributed by atoms with E-state index in [9.17, 15) is 4.79 Å². The van der Waals surface area contributed by atoms with E-state index in [4.69, 9.17) is 4.42 Å². The minimum atomic E-state index is -0.256. The van der Waals surface area contributed by atoms with Gasteiger partial charge in [-0.2, -0.15) is 5.10 Å². The van der Waals surface area contributed by atoms with Gasteiger partial charge in [0.1, 0.15) is 11.3 Å². The average molecular weight is 350 g/mol. The molecular formula is C18H18N6O2. The zero-order valence-corrected chi connectivity index (χ0v) is 14.2. The topological polar surface area (TPSA) is 90.8 Å². The fourth-order valence-corrected chi connectivity index (χ4v) is 2.79. The molecule has 8 nitrogen and oxygen atoms in total. The first-order chi connectivity index (χ1) is 12.7. The van der Waals surface area contributed by atoms with Gasteiger partial charge in [-0.15, -0.1) is 5.10 Å². The summed E-state index contributed by atoms with van der Waals surface area (Å²) in [5.74, 6) is 0.699. The van der Waals surface area contributed by atoms with Crippen molar-refractivity contribution in [2.24, 2.45) is 0 Å². The van der Waals surface area contributed by atoms with Gasteiger partial charge >= 0.3 is 0 Å². The Morgan fingerprint density at radius 3 is 2.96 bits per heavy atom. The fraction of sp³-hybridized carbons (Fsp3) is 0.222. The maximum absolute atomic E-state index is 12.4. The minimum Gasteiger partial charge on any atom is -0.454 e. The molecule has 3 aromatic heterocycles. The Morgan fingerprint density at radius 2 is 2.12 bits per heavy atom. The zero-order chi connectivity index (χ0) is 17.9. The molecule has 0 fully saturated rings. The molecule has 3 heterocycles. The van der Waals surface area contributed by atoms with Crippen LogP contribution < -0.4 is 5.32 Å². The monoisotopic (exact) mass is 350 g/mol. The number of benzene rings is 1. The highest BCUT2D eigenvalue weighted by molar-refractivity contribution is 5.91. The molecule has 0 unspecified atom stereocenters. The molecule has 0 bridgehead atoms. The molecule has 1 N–H and O–H groups in total. The number of nitrogens with zero attached hydrogens (tertiary/aromatic N) is 5. The predicted molar refractivity (Wildman–Crippen MR) is 94.5 cm³/mol. The number of rotatable bonds is 6.